The number of rotatable bonds is 5. The summed E-state index contributed by atoms with van der Waals surface area (Å²) in [5.74, 6) is -0.466. The average molecular weight is 228 g/mol. The minimum absolute atomic E-state index is 0.183. The monoisotopic (exact) mass is 228 g/mol. The zero-order chi connectivity index (χ0) is 12.1. The molecule has 0 heterocycles. The summed E-state index contributed by atoms with van der Waals surface area (Å²) < 4.78 is 13.0. The third-order valence-corrected chi connectivity index (χ3v) is 2.47. The SMILES string of the molecule is NCCC(O)C(O)c1cc(F)ccc1CN. The van der Waals surface area contributed by atoms with E-state index in [0.29, 0.717) is 11.1 Å². The van der Waals surface area contributed by atoms with Gasteiger partial charge in [0.1, 0.15) is 11.9 Å². The Morgan fingerprint density at radius 2 is 1.94 bits per heavy atom. The molecule has 0 aliphatic heterocycles. The molecule has 0 aliphatic rings. The summed E-state index contributed by atoms with van der Waals surface area (Å²) in [5, 5.41) is 19.4. The lowest BCUT2D eigenvalue weighted by atomic mass is 9.97. The second-order valence-corrected chi connectivity index (χ2v) is 3.64. The van der Waals surface area contributed by atoms with Crippen molar-refractivity contribution in [3.8, 4) is 0 Å². The van der Waals surface area contributed by atoms with Crippen LogP contribution in [0.15, 0.2) is 18.2 Å². The second-order valence-electron chi connectivity index (χ2n) is 3.64. The van der Waals surface area contributed by atoms with Crippen LogP contribution >= 0.6 is 0 Å². The first-order chi connectivity index (χ1) is 7.60. The van der Waals surface area contributed by atoms with Gasteiger partial charge in [0, 0.05) is 6.54 Å². The number of halogens is 1. The van der Waals surface area contributed by atoms with E-state index < -0.39 is 18.0 Å². The highest BCUT2D eigenvalue weighted by atomic mass is 19.1. The molecule has 0 radical (unpaired) electrons. The summed E-state index contributed by atoms with van der Waals surface area (Å²) in [5.41, 5.74) is 11.7. The molecule has 1 aromatic carbocycles. The Balaban J connectivity index is 2.96. The lowest BCUT2D eigenvalue weighted by Crippen LogP contribution is -2.23. The number of aliphatic hydroxyl groups is 2. The molecular weight excluding hydrogens is 211 g/mol. The first kappa shape index (κ1) is 13.1. The first-order valence-corrected chi connectivity index (χ1v) is 5.14. The molecule has 0 saturated heterocycles. The number of hydrogen-bond acceptors (Lipinski definition) is 4. The van der Waals surface area contributed by atoms with Crippen LogP contribution in [0.2, 0.25) is 0 Å². The third-order valence-electron chi connectivity index (χ3n) is 2.47. The molecule has 6 N–H and O–H groups in total. The Hall–Kier alpha value is -1.01. The van der Waals surface area contributed by atoms with Gasteiger partial charge < -0.3 is 21.7 Å². The van der Waals surface area contributed by atoms with E-state index in [1.54, 1.807) is 0 Å². The van der Waals surface area contributed by atoms with Crippen LogP contribution in [0, 0.1) is 5.82 Å². The van der Waals surface area contributed by atoms with Gasteiger partial charge in [-0.15, -0.1) is 0 Å². The number of aliphatic hydroxyl groups excluding tert-OH is 2. The average Bonchev–Trinajstić information content (AvgIpc) is 2.28. The molecule has 0 spiro atoms. The molecule has 5 heteroatoms. The molecular formula is C11H17FN2O2. The quantitative estimate of drug-likeness (QED) is 0.572. The predicted molar refractivity (Wildman–Crippen MR) is 58.9 cm³/mol. The van der Waals surface area contributed by atoms with Gasteiger partial charge in [0.15, 0.2) is 0 Å². The van der Waals surface area contributed by atoms with E-state index >= 15 is 0 Å². The largest absolute Gasteiger partial charge is 0.390 e. The van der Waals surface area contributed by atoms with Gasteiger partial charge in [-0.2, -0.15) is 0 Å². The molecule has 4 nitrogen and oxygen atoms in total. The molecule has 0 bridgehead atoms. The zero-order valence-corrected chi connectivity index (χ0v) is 8.94. The van der Waals surface area contributed by atoms with Gasteiger partial charge in [0.25, 0.3) is 0 Å². The molecule has 16 heavy (non-hydrogen) atoms. The van der Waals surface area contributed by atoms with Gasteiger partial charge in [0.05, 0.1) is 6.10 Å². The molecule has 0 saturated carbocycles. The molecule has 0 fully saturated rings. The van der Waals surface area contributed by atoms with Crippen LogP contribution in [0.3, 0.4) is 0 Å². The van der Waals surface area contributed by atoms with E-state index in [0.717, 1.165) is 0 Å². The molecule has 0 aliphatic carbocycles. The molecule has 2 unspecified atom stereocenters. The lowest BCUT2D eigenvalue weighted by molar-refractivity contribution is 0.0143. The zero-order valence-electron chi connectivity index (χ0n) is 8.94. The number of nitrogens with two attached hydrogens (primary N) is 2. The predicted octanol–water partition coefficient (Wildman–Crippen LogP) is 0.0275. The van der Waals surface area contributed by atoms with Crippen LogP contribution in [0.25, 0.3) is 0 Å². The fourth-order valence-electron chi connectivity index (χ4n) is 1.56. The van der Waals surface area contributed by atoms with Crippen LogP contribution in [0.1, 0.15) is 23.7 Å². The molecule has 1 aromatic rings. The van der Waals surface area contributed by atoms with E-state index in [1.165, 1.54) is 18.2 Å². The fraction of sp³-hybridized carbons (Fsp3) is 0.455. The van der Waals surface area contributed by atoms with Crippen molar-refractivity contribution in [2.24, 2.45) is 11.5 Å². The maximum Gasteiger partial charge on any atom is 0.123 e. The van der Waals surface area contributed by atoms with Crippen molar-refractivity contribution >= 4 is 0 Å². The topological polar surface area (TPSA) is 92.5 Å². The fourth-order valence-corrected chi connectivity index (χ4v) is 1.56. The maximum atomic E-state index is 13.0. The van der Waals surface area contributed by atoms with Crippen molar-refractivity contribution in [1.82, 2.24) is 0 Å². The number of hydrogen-bond donors (Lipinski definition) is 4. The lowest BCUT2D eigenvalue weighted by Gasteiger charge is -2.20. The Morgan fingerprint density at radius 1 is 1.25 bits per heavy atom. The van der Waals surface area contributed by atoms with E-state index in [9.17, 15) is 14.6 Å². The summed E-state index contributed by atoms with van der Waals surface area (Å²) in [4.78, 5) is 0. The highest BCUT2D eigenvalue weighted by molar-refractivity contribution is 5.30. The minimum atomic E-state index is -1.15. The summed E-state index contributed by atoms with van der Waals surface area (Å²) in [6.07, 6.45) is -1.91. The second kappa shape index (κ2) is 5.91. The van der Waals surface area contributed by atoms with Crippen LogP contribution in [0.5, 0.6) is 0 Å². The Bertz CT molecular complexity index is 347. The van der Waals surface area contributed by atoms with E-state index in [2.05, 4.69) is 0 Å². The Morgan fingerprint density at radius 3 is 2.50 bits per heavy atom. The van der Waals surface area contributed by atoms with Crippen molar-refractivity contribution < 1.29 is 14.6 Å². The Labute approximate surface area is 93.7 Å². The van der Waals surface area contributed by atoms with Crippen molar-refractivity contribution in [3.05, 3.63) is 35.1 Å². The summed E-state index contributed by atoms with van der Waals surface area (Å²) >= 11 is 0. The molecule has 90 valence electrons. The van der Waals surface area contributed by atoms with Crippen molar-refractivity contribution in [2.75, 3.05) is 6.54 Å². The number of benzene rings is 1. The van der Waals surface area contributed by atoms with Crippen LogP contribution in [0.4, 0.5) is 4.39 Å². The van der Waals surface area contributed by atoms with Gasteiger partial charge >= 0.3 is 0 Å². The highest BCUT2D eigenvalue weighted by Crippen LogP contribution is 2.23. The van der Waals surface area contributed by atoms with Gasteiger partial charge in [-0.05, 0) is 36.2 Å². The van der Waals surface area contributed by atoms with E-state index in [1.807, 2.05) is 0 Å². The van der Waals surface area contributed by atoms with Gasteiger partial charge in [-0.1, -0.05) is 6.07 Å². The maximum absolute atomic E-state index is 13.0. The van der Waals surface area contributed by atoms with Gasteiger partial charge in [-0.3, -0.25) is 0 Å². The van der Waals surface area contributed by atoms with Crippen molar-refractivity contribution in [1.29, 1.82) is 0 Å². The van der Waals surface area contributed by atoms with Gasteiger partial charge in [0.2, 0.25) is 0 Å². The van der Waals surface area contributed by atoms with Crippen molar-refractivity contribution in [3.63, 3.8) is 0 Å². The summed E-state index contributed by atoms with van der Waals surface area (Å²) in [6.45, 7) is 0.438. The minimum Gasteiger partial charge on any atom is -0.390 e. The first-order valence-electron chi connectivity index (χ1n) is 5.14. The normalized spacial score (nSPS) is 14.8. The van der Waals surface area contributed by atoms with Crippen molar-refractivity contribution in [2.45, 2.75) is 25.2 Å². The van der Waals surface area contributed by atoms with Gasteiger partial charge in [-0.25, -0.2) is 4.39 Å². The molecule has 0 aromatic heterocycles. The van der Waals surface area contributed by atoms with Crippen LogP contribution < -0.4 is 11.5 Å². The van der Waals surface area contributed by atoms with Crippen LogP contribution in [-0.2, 0) is 6.54 Å². The molecule has 2 atom stereocenters. The summed E-state index contributed by atoms with van der Waals surface area (Å²) in [7, 11) is 0. The smallest absolute Gasteiger partial charge is 0.123 e. The highest BCUT2D eigenvalue weighted by Gasteiger charge is 2.20. The van der Waals surface area contributed by atoms with E-state index in [4.69, 9.17) is 11.5 Å². The molecule has 1 rings (SSSR count). The van der Waals surface area contributed by atoms with E-state index in [-0.39, 0.29) is 19.5 Å². The third kappa shape index (κ3) is 2.99. The Kier molecular flexibility index (Phi) is 4.82. The standard InChI is InChI=1S/C11H17FN2O2/c12-8-2-1-7(6-14)9(5-8)11(16)10(15)3-4-13/h1-2,5,10-11,15-16H,3-4,6,13-14H2. The van der Waals surface area contributed by atoms with Crippen LogP contribution in [-0.4, -0.2) is 22.9 Å². The molecule has 0 amide bonds. The summed E-state index contributed by atoms with van der Waals surface area (Å²) in [6, 6.07) is 3.96.